The summed E-state index contributed by atoms with van der Waals surface area (Å²) in [6, 6.07) is 25.4. The fraction of sp³-hybridized carbons (Fsp3) is 0.371. The normalized spacial score (nSPS) is 15.4. The summed E-state index contributed by atoms with van der Waals surface area (Å²) in [6.45, 7) is 11.6. The Hall–Kier alpha value is -3.25. The van der Waals surface area contributed by atoms with Gasteiger partial charge in [0.25, 0.3) is 0 Å². The molecule has 1 fully saturated rings. The summed E-state index contributed by atoms with van der Waals surface area (Å²) in [5.41, 5.74) is 9.83. The number of nitrogens with zero attached hydrogens (tertiary/aromatic N) is 2. The van der Waals surface area contributed by atoms with E-state index in [1.807, 2.05) is 51.2 Å². The first-order valence-electron chi connectivity index (χ1n) is 15.0. The lowest BCUT2D eigenvalue weighted by atomic mass is 9.99. The van der Waals surface area contributed by atoms with Crippen molar-refractivity contribution in [1.82, 2.24) is 4.90 Å². The van der Waals surface area contributed by atoms with Crippen LogP contribution in [-0.4, -0.2) is 53.9 Å². The first-order chi connectivity index (χ1) is 20.6. The van der Waals surface area contributed by atoms with Crippen molar-refractivity contribution in [3.05, 3.63) is 83.9 Å². The molecule has 0 saturated carbocycles. The van der Waals surface area contributed by atoms with E-state index in [0.29, 0.717) is 5.84 Å². The second-order valence-corrected chi connectivity index (χ2v) is 14.7. The molecule has 2 atom stereocenters. The van der Waals surface area contributed by atoms with Crippen molar-refractivity contribution in [1.29, 1.82) is 0 Å². The standard InChI is InChI=1S/C35H42N3O3PS/c1-24(42-34(39)41-35(2,3)4)33(36)37-27-15-13-26(14-16-27)32-30(29-9-5-6-10-31(29)43-32)23-25-11-17-28(18-12-25)40-22-21-38-19-7-8-20-38/h5-6,9-18,24,42H,7-8,19-23H2,1-4H3,(H2,36,37)/t24-/m0/s1. The summed E-state index contributed by atoms with van der Waals surface area (Å²) >= 11 is 1.82. The van der Waals surface area contributed by atoms with Crippen LogP contribution >= 0.6 is 19.9 Å². The number of rotatable bonds is 11. The third-order valence-electron chi connectivity index (χ3n) is 7.44. The first kappa shape index (κ1) is 31.2. The molecule has 0 bridgehead atoms. The number of carbonyl (C=O) groups excluding carboxylic acids is 1. The second-order valence-electron chi connectivity index (χ2n) is 12.1. The van der Waals surface area contributed by atoms with Crippen molar-refractivity contribution >= 4 is 47.2 Å². The molecule has 6 nitrogen and oxygen atoms in total. The summed E-state index contributed by atoms with van der Waals surface area (Å²) in [5, 5.41) is 1.29. The van der Waals surface area contributed by atoms with E-state index in [1.54, 1.807) is 0 Å². The monoisotopic (exact) mass is 615 g/mol. The highest BCUT2D eigenvalue weighted by Crippen LogP contribution is 2.40. The van der Waals surface area contributed by atoms with E-state index >= 15 is 0 Å². The van der Waals surface area contributed by atoms with Gasteiger partial charge in [0.1, 0.15) is 23.8 Å². The topological polar surface area (TPSA) is 77.2 Å². The van der Waals surface area contributed by atoms with Gasteiger partial charge in [-0.25, -0.2) is 9.79 Å². The van der Waals surface area contributed by atoms with Crippen LogP contribution in [0.3, 0.4) is 0 Å². The van der Waals surface area contributed by atoms with E-state index in [4.69, 9.17) is 15.2 Å². The number of carbonyl (C=O) groups is 1. The number of aliphatic imine (C=N–C) groups is 1. The van der Waals surface area contributed by atoms with Gasteiger partial charge in [0.15, 0.2) is 0 Å². The van der Waals surface area contributed by atoms with Crippen LogP contribution in [0.1, 0.15) is 51.7 Å². The zero-order chi connectivity index (χ0) is 30.4. The Morgan fingerprint density at radius 1 is 1.02 bits per heavy atom. The molecule has 3 aromatic carbocycles. The number of fused-ring (bicyclic) bond motifs is 1. The SMILES string of the molecule is C[C@H](PC(=O)OC(C)(C)C)C(N)=Nc1ccc(-c2sc3ccccc3c2Cc2ccc(OCCN3CCCC3)cc2)cc1. The zero-order valence-corrected chi connectivity index (χ0v) is 27.4. The molecule has 4 aromatic rings. The number of likely N-dealkylation sites (tertiary alicyclic amines) is 1. The number of amidine groups is 1. The van der Waals surface area contributed by atoms with Gasteiger partial charge in [0.05, 0.1) is 5.69 Å². The molecule has 0 radical (unpaired) electrons. The smallest absolute Gasteiger partial charge is 0.324 e. The van der Waals surface area contributed by atoms with Crippen molar-refractivity contribution in [3.8, 4) is 16.2 Å². The van der Waals surface area contributed by atoms with E-state index in [0.717, 1.165) is 36.6 Å². The predicted molar refractivity (Wildman–Crippen MR) is 183 cm³/mol. The highest BCUT2D eigenvalue weighted by Gasteiger charge is 2.20. The zero-order valence-electron chi connectivity index (χ0n) is 25.6. The van der Waals surface area contributed by atoms with E-state index in [1.165, 1.54) is 52.0 Å². The van der Waals surface area contributed by atoms with E-state index in [2.05, 4.69) is 70.6 Å². The minimum Gasteiger partial charge on any atom is -0.492 e. The first-order valence-corrected chi connectivity index (χ1v) is 16.9. The van der Waals surface area contributed by atoms with Crippen LogP contribution in [0, 0.1) is 0 Å². The molecule has 1 aliphatic heterocycles. The molecule has 5 rings (SSSR count). The van der Waals surface area contributed by atoms with Crippen LogP contribution in [0.4, 0.5) is 10.5 Å². The van der Waals surface area contributed by atoms with Crippen molar-refractivity contribution < 1.29 is 14.3 Å². The molecule has 2 heterocycles. The van der Waals surface area contributed by atoms with Gasteiger partial charge >= 0.3 is 5.71 Å². The molecule has 1 aliphatic rings. The molecule has 0 spiro atoms. The van der Waals surface area contributed by atoms with Crippen molar-refractivity contribution in [2.24, 2.45) is 10.7 Å². The molecule has 0 amide bonds. The number of thiophene rings is 1. The fourth-order valence-corrected chi connectivity index (χ4v) is 7.36. The third kappa shape index (κ3) is 8.66. The maximum absolute atomic E-state index is 12.2. The molecule has 43 heavy (non-hydrogen) atoms. The van der Waals surface area contributed by atoms with Crippen molar-refractivity contribution in [3.63, 3.8) is 0 Å². The average Bonchev–Trinajstić information content (AvgIpc) is 3.62. The van der Waals surface area contributed by atoms with Crippen molar-refractivity contribution in [2.45, 2.75) is 58.2 Å². The van der Waals surface area contributed by atoms with Gasteiger partial charge in [-0.05, 0) is 106 Å². The fourth-order valence-electron chi connectivity index (χ4n) is 5.21. The molecule has 1 aromatic heterocycles. The van der Waals surface area contributed by atoms with Crippen LogP contribution in [0.2, 0.25) is 0 Å². The Labute approximate surface area is 261 Å². The number of nitrogens with two attached hydrogens (primary N) is 1. The van der Waals surface area contributed by atoms with Crippen LogP contribution in [0.15, 0.2) is 77.8 Å². The molecule has 1 saturated heterocycles. The molecular weight excluding hydrogens is 573 g/mol. The predicted octanol–water partition coefficient (Wildman–Crippen LogP) is 8.62. The van der Waals surface area contributed by atoms with Crippen LogP contribution < -0.4 is 10.5 Å². The Morgan fingerprint density at radius 2 is 1.72 bits per heavy atom. The van der Waals surface area contributed by atoms with Gasteiger partial charge in [-0.15, -0.1) is 11.3 Å². The Morgan fingerprint density at radius 3 is 2.42 bits per heavy atom. The Balaban J connectivity index is 1.28. The Kier molecular flexibility index (Phi) is 10.2. The van der Waals surface area contributed by atoms with Gasteiger partial charge in [-0.1, -0.05) is 49.4 Å². The van der Waals surface area contributed by atoms with Crippen molar-refractivity contribution in [2.75, 3.05) is 26.2 Å². The minimum atomic E-state index is -0.512. The van der Waals surface area contributed by atoms with E-state index in [-0.39, 0.29) is 20.0 Å². The van der Waals surface area contributed by atoms with Crippen LogP contribution in [-0.2, 0) is 11.2 Å². The highest BCUT2D eigenvalue weighted by molar-refractivity contribution is 7.58. The lowest BCUT2D eigenvalue weighted by Gasteiger charge is -2.20. The molecule has 0 aliphatic carbocycles. The Bertz CT molecular complexity index is 1550. The van der Waals surface area contributed by atoms with Crippen LogP contribution in [0.5, 0.6) is 5.75 Å². The number of benzene rings is 3. The van der Waals surface area contributed by atoms with E-state index in [9.17, 15) is 4.79 Å². The summed E-state index contributed by atoms with van der Waals surface area (Å²) in [6.07, 6.45) is 3.44. The highest BCUT2D eigenvalue weighted by atomic mass is 32.1. The quantitative estimate of drug-likeness (QED) is 0.104. The van der Waals surface area contributed by atoms with Gasteiger partial charge in [-0.3, -0.25) is 4.90 Å². The van der Waals surface area contributed by atoms with E-state index < -0.39 is 5.60 Å². The summed E-state index contributed by atoms with van der Waals surface area (Å²) in [4.78, 5) is 20.6. The molecule has 8 heteroatoms. The number of hydrogen-bond donors (Lipinski definition) is 1. The molecule has 226 valence electrons. The summed E-state index contributed by atoms with van der Waals surface area (Å²) < 4.78 is 12.8. The lowest BCUT2D eigenvalue weighted by Crippen LogP contribution is -2.26. The third-order valence-corrected chi connectivity index (χ3v) is 9.77. The summed E-state index contributed by atoms with van der Waals surface area (Å²) in [5.74, 6) is 1.36. The maximum Gasteiger partial charge on any atom is 0.324 e. The second kappa shape index (κ2) is 14.0. The lowest BCUT2D eigenvalue weighted by molar-refractivity contribution is 0.0731. The number of ether oxygens (including phenoxy) is 2. The summed E-state index contributed by atoms with van der Waals surface area (Å²) in [7, 11) is -0.0866. The van der Waals surface area contributed by atoms with Gasteiger partial charge < -0.3 is 15.2 Å². The molecule has 1 unspecified atom stereocenters. The van der Waals surface area contributed by atoms with Crippen LogP contribution in [0.25, 0.3) is 20.5 Å². The minimum absolute atomic E-state index is 0.0866. The van der Waals surface area contributed by atoms with Gasteiger partial charge in [0.2, 0.25) is 0 Å². The van der Waals surface area contributed by atoms with Gasteiger partial charge in [0, 0.05) is 30.4 Å². The maximum atomic E-state index is 12.2. The average molecular weight is 616 g/mol. The molecular formula is C35H42N3O3PS. The number of hydrogen-bond acceptors (Lipinski definition) is 6. The molecule has 2 N–H and O–H groups in total. The van der Waals surface area contributed by atoms with Gasteiger partial charge in [-0.2, -0.15) is 0 Å². The largest absolute Gasteiger partial charge is 0.492 e.